The molecule has 0 aliphatic carbocycles. The van der Waals surface area contributed by atoms with Crippen LogP contribution in [0.25, 0.3) is 0 Å². The molecule has 0 N–H and O–H groups in total. The monoisotopic (exact) mass is 210 g/mol. The number of aryl methyl sites for hydroxylation is 2. The molecule has 0 spiro atoms. The third-order valence-electron chi connectivity index (χ3n) is 1.03. The second-order valence-electron chi connectivity index (χ2n) is 1.54. The van der Waals surface area contributed by atoms with Crippen LogP contribution < -0.4 is 63.2 Å². The fraction of sp³-hybridized carbons (Fsp3) is 0.571. The Labute approximate surface area is 112 Å². The van der Waals surface area contributed by atoms with Crippen LogP contribution in [-0.2, 0) is 0 Å². The number of hydrogen-bond donors (Lipinski definition) is 0. The van der Waals surface area contributed by atoms with Crippen LogP contribution in [0.1, 0.15) is 25.2 Å². The molecule has 0 aromatic carbocycles. The van der Waals surface area contributed by atoms with Gasteiger partial charge in [-0.15, -0.1) is 0 Å². The van der Waals surface area contributed by atoms with Crippen LogP contribution in [0.5, 0.6) is 0 Å². The predicted octanol–water partition coefficient (Wildman–Crippen LogP) is -1.31. The first-order valence-corrected chi connectivity index (χ1v) is 3.21. The van der Waals surface area contributed by atoms with Gasteiger partial charge in [0.05, 0.1) is 0 Å². The van der Waals surface area contributed by atoms with Crippen LogP contribution in [0, 0.1) is 13.8 Å². The third kappa shape index (κ3) is 4.77. The summed E-state index contributed by atoms with van der Waals surface area (Å²) in [6.07, 6.45) is 1.57. The molecule has 1 aromatic rings. The van der Waals surface area contributed by atoms with Crippen molar-refractivity contribution in [3.8, 4) is 0 Å². The van der Waals surface area contributed by atoms with E-state index in [0.717, 1.165) is 11.4 Å². The molecule has 52 valence electrons. The maximum Gasteiger partial charge on any atom is 1.00 e. The molecule has 0 unspecified atom stereocenters. The van der Waals surface area contributed by atoms with Gasteiger partial charge in [0.25, 0.3) is 0 Å². The summed E-state index contributed by atoms with van der Waals surface area (Å²) in [5, 5.41) is 0. The van der Waals surface area contributed by atoms with E-state index < -0.39 is 0 Å². The Morgan fingerprint density at radius 2 is 1.80 bits per heavy atom. The van der Waals surface area contributed by atoms with Gasteiger partial charge in [0, 0.05) is 0 Å². The van der Waals surface area contributed by atoms with Crippen LogP contribution in [0.3, 0.4) is 0 Å². The zero-order valence-corrected chi connectivity index (χ0v) is 12.4. The number of nitrogens with zero attached hydrogens (tertiary/aromatic N) is 2. The van der Waals surface area contributed by atoms with Crippen LogP contribution in [-0.4, -0.2) is 4.98 Å². The summed E-state index contributed by atoms with van der Waals surface area (Å²) >= 11 is 0. The molecule has 1 aromatic heterocycles. The molecule has 1 rings (SSSR count). The smallest absolute Gasteiger partial charge is 0.447 e. The predicted molar refractivity (Wildman–Crippen MR) is 38.4 cm³/mol. The Morgan fingerprint density at radius 1 is 1.30 bits per heavy atom. The molecule has 0 saturated carbocycles. The quantitative estimate of drug-likeness (QED) is 0.532. The molecule has 0 amide bonds. The van der Waals surface area contributed by atoms with Crippen molar-refractivity contribution >= 4 is 0 Å². The minimum Gasteiger partial charge on any atom is -0.447 e. The molecular formula is C7H13N2Rb. The topological polar surface area (TPSA) is 27.0 Å². The van der Waals surface area contributed by atoms with E-state index in [2.05, 4.69) is 9.97 Å². The van der Waals surface area contributed by atoms with Crippen LogP contribution in [0.2, 0.25) is 0 Å². The Kier molecular flexibility index (Phi) is 11.0. The summed E-state index contributed by atoms with van der Waals surface area (Å²) in [6, 6.07) is 0. The van der Waals surface area contributed by atoms with E-state index in [1.807, 2.05) is 27.7 Å². The molecule has 0 aliphatic rings. The largest absolute Gasteiger partial charge is 1.00 e. The summed E-state index contributed by atoms with van der Waals surface area (Å²) in [5.41, 5.74) is 2.06. The molecule has 2 nitrogen and oxygen atoms in total. The first kappa shape index (κ1) is 13.6. The van der Waals surface area contributed by atoms with E-state index in [9.17, 15) is 0 Å². The van der Waals surface area contributed by atoms with Gasteiger partial charge in [-0.1, -0.05) is 31.6 Å². The van der Waals surface area contributed by atoms with Crippen molar-refractivity contribution < 1.29 is 58.2 Å². The van der Waals surface area contributed by atoms with E-state index in [1.54, 1.807) is 6.33 Å². The van der Waals surface area contributed by atoms with Crippen molar-refractivity contribution in [3.63, 3.8) is 0 Å². The summed E-state index contributed by atoms with van der Waals surface area (Å²) in [7, 11) is 0. The summed E-state index contributed by atoms with van der Waals surface area (Å²) < 4.78 is 0. The van der Waals surface area contributed by atoms with Crippen molar-refractivity contribution in [1.29, 1.82) is 0 Å². The molecule has 0 atom stereocenters. The third-order valence-corrected chi connectivity index (χ3v) is 1.03. The van der Waals surface area contributed by atoms with E-state index in [-0.39, 0.29) is 58.2 Å². The molecule has 0 bridgehead atoms. The molecule has 0 radical (unpaired) electrons. The van der Waals surface area contributed by atoms with Crippen molar-refractivity contribution in [2.24, 2.45) is 0 Å². The molecule has 10 heavy (non-hydrogen) atoms. The average Bonchev–Trinajstić information content (AvgIpc) is 2.23. The number of rotatable bonds is 0. The number of hydrogen-bond acceptors (Lipinski definition) is 1. The Balaban J connectivity index is 0. The van der Waals surface area contributed by atoms with Crippen molar-refractivity contribution in [3.05, 3.63) is 17.7 Å². The first-order valence-electron chi connectivity index (χ1n) is 3.21. The average molecular weight is 211 g/mol. The second kappa shape index (κ2) is 8.12. The SMILES string of the molecule is CC.Cc1nc[n-]c1C.[Rb+]. The van der Waals surface area contributed by atoms with Crippen LogP contribution in [0.15, 0.2) is 6.33 Å². The van der Waals surface area contributed by atoms with Crippen LogP contribution in [0.4, 0.5) is 0 Å². The number of imidazole rings is 1. The maximum atomic E-state index is 3.91. The van der Waals surface area contributed by atoms with E-state index in [0.29, 0.717) is 0 Å². The Hall–Kier alpha value is 1.02. The molecule has 0 saturated heterocycles. The van der Waals surface area contributed by atoms with Gasteiger partial charge >= 0.3 is 58.2 Å². The summed E-state index contributed by atoms with van der Waals surface area (Å²) in [4.78, 5) is 7.81. The van der Waals surface area contributed by atoms with Crippen molar-refractivity contribution in [1.82, 2.24) is 9.97 Å². The van der Waals surface area contributed by atoms with E-state index >= 15 is 0 Å². The van der Waals surface area contributed by atoms with Gasteiger partial charge in [-0.3, -0.25) is 0 Å². The van der Waals surface area contributed by atoms with Gasteiger partial charge in [-0.25, -0.2) is 0 Å². The van der Waals surface area contributed by atoms with Crippen LogP contribution >= 0.6 is 0 Å². The minimum atomic E-state index is 0. The Bertz CT molecular complexity index is 144. The van der Waals surface area contributed by atoms with Gasteiger partial charge in [0.15, 0.2) is 0 Å². The summed E-state index contributed by atoms with van der Waals surface area (Å²) in [5.74, 6) is 0. The first-order chi connectivity index (χ1) is 4.30. The molecule has 1 heterocycles. The van der Waals surface area contributed by atoms with Gasteiger partial charge < -0.3 is 9.97 Å². The maximum absolute atomic E-state index is 3.91. The Morgan fingerprint density at radius 3 is 1.90 bits per heavy atom. The van der Waals surface area contributed by atoms with E-state index in [4.69, 9.17) is 0 Å². The van der Waals surface area contributed by atoms with Gasteiger partial charge in [0.2, 0.25) is 0 Å². The fourth-order valence-corrected chi connectivity index (χ4v) is 0.389. The van der Waals surface area contributed by atoms with Gasteiger partial charge in [-0.2, -0.15) is 0 Å². The fourth-order valence-electron chi connectivity index (χ4n) is 0.389. The number of aromatic nitrogens is 2. The van der Waals surface area contributed by atoms with Gasteiger partial charge in [-0.05, 0) is 13.8 Å². The summed E-state index contributed by atoms with van der Waals surface area (Å²) in [6.45, 7) is 7.89. The molecule has 3 heteroatoms. The molecular weight excluding hydrogens is 198 g/mol. The zero-order valence-electron chi connectivity index (χ0n) is 7.47. The van der Waals surface area contributed by atoms with Gasteiger partial charge in [0.1, 0.15) is 0 Å². The van der Waals surface area contributed by atoms with Crippen molar-refractivity contribution in [2.75, 3.05) is 0 Å². The normalized spacial score (nSPS) is 7.20. The zero-order chi connectivity index (χ0) is 7.28. The second-order valence-corrected chi connectivity index (χ2v) is 1.54. The van der Waals surface area contributed by atoms with Crippen molar-refractivity contribution in [2.45, 2.75) is 27.7 Å². The minimum absolute atomic E-state index is 0. The standard InChI is InChI=1S/C5H7N2.C2H6.Rb/c1-4-5(2)7-3-6-4;1-2;/h3H,1-2H3;1-2H3;/q-1;;+1. The molecule has 0 aliphatic heterocycles. The molecule has 0 fully saturated rings. The van der Waals surface area contributed by atoms with E-state index in [1.165, 1.54) is 0 Å².